The number of carbonyl (C=O) groups excluding carboxylic acids is 1. The predicted octanol–water partition coefficient (Wildman–Crippen LogP) is 1.40. The van der Waals surface area contributed by atoms with Crippen molar-refractivity contribution in [2.45, 2.75) is 52.1 Å². The lowest BCUT2D eigenvalue weighted by molar-refractivity contribution is -0.136. The van der Waals surface area contributed by atoms with Gasteiger partial charge in [-0.05, 0) is 31.6 Å². The lowest BCUT2D eigenvalue weighted by Gasteiger charge is -2.36. The SMILES string of the molecule is CC(C)CC1CCCCN1C(=O)Cn1cc(C(=O)O)nn1. The van der Waals surface area contributed by atoms with Crippen LogP contribution in [0.4, 0.5) is 0 Å². The Kier molecular flexibility index (Phi) is 4.93. The smallest absolute Gasteiger partial charge is 0.358 e. The molecular formula is C14H22N4O3. The van der Waals surface area contributed by atoms with Gasteiger partial charge in [-0.3, -0.25) is 4.79 Å². The van der Waals surface area contributed by atoms with Crippen LogP contribution in [-0.4, -0.2) is 49.5 Å². The number of rotatable bonds is 5. The van der Waals surface area contributed by atoms with E-state index in [0.29, 0.717) is 5.92 Å². The summed E-state index contributed by atoms with van der Waals surface area (Å²) >= 11 is 0. The van der Waals surface area contributed by atoms with Gasteiger partial charge in [-0.15, -0.1) is 5.10 Å². The van der Waals surface area contributed by atoms with Crippen molar-refractivity contribution >= 4 is 11.9 Å². The van der Waals surface area contributed by atoms with Crippen molar-refractivity contribution in [2.75, 3.05) is 6.54 Å². The Morgan fingerprint density at radius 1 is 1.43 bits per heavy atom. The van der Waals surface area contributed by atoms with Crippen LogP contribution < -0.4 is 0 Å². The van der Waals surface area contributed by atoms with Crippen LogP contribution in [0.15, 0.2) is 6.20 Å². The first-order valence-electron chi connectivity index (χ1n) is 7.40. The summed E-state index contributed by atoms with van der Waals surface area (Å²) in [6.45, 7) is 5.15. The van der Waals surface area contributed by atoms with E-state index >= 15 is 0 Å². The number of carbonyl (C=O) groups is 2. The molecular weight excluding hydrogens is 272 g/mol. The number of piperidine rings is 1. The molecule has 2 heterocycles. The summed E-state index contributed by atoms with van der Waals surface area (Å²) in [5, 5.41) is 16.0. The molecule has 1 atom stereocenters. The monoisotopic (exact) mass is 294 g/mol. The van der Waals surface area contributed by atoms with Gasteiger partial charge in [0.1, 0.15) is 6.54 Å². The molecule has 1 unspecified atom stereocenters. The first kappa shape index (κ1) is 15.5. The third-order valence-corrected chi connectivity index (χ3v) is 3.75. The van der Waals surface area contributed by atoms with Gasteiger partial charge in [0.25, 0.3) is 0 Å². The van der Waals surface area contributed by atoms with Gasteiger partial charge >= 0.3 is 5.97 Å². The zero-order valence-corrected chi connectivity index (χ0v) is 12.5. The van der Waals surface area contributed by atoms with Crippen molar-refractivity contribution in [3.63, 3.8) is 0 Å². The maximum Gasteiger partial charge on any atom is 0.358 e. The highest BCUT2D eigenvalue weighted by Gasteiger charge is 2.27. The molecule has 1 saturated heterocycles. The topological polar surface area (TPSA) is 88.3 Å². The first-order chi connectivity index (χ1) is 9.97. The van der Waals surface area contributed by atoms with Crippen molar-refractivity contribution in [3.05, 3.63) is 11.9 Å². The van der Waals surface area contributed by atoms with Gasteiger partial charge in [-0.2, -0.15) is 0 Å². The van der Waals surface area contributed by atoms with E-state index in [1.165, 1.54) is 10.9 Å². The Balaban J connectivity index is 2.01. The zero-order chi connectivity index (χ0) is 15.4. The highest BCUT2D eigenvalue weighted by molar-refractivity contribution is 5.84. The Labute approximate surface area is 123 Å². The molecule has 0 aliphatic carbocycles. The van der Waals surface area contributed by atoms with Gasteiger partial charge in [-0.1, -0.05) is 19.1 Å². The zero-order valence-electron chi connectivity index (χ0n) is 12.5. The van der Waals surface area contributed by atoms with Gasteiger partial charge in [0, 0.05) is 12.6 Å². The third-order valence-electron chi connectivity index (χ3n) is 3.75. The normalized spacial score (nSPS) is 19.0. The van der Waals surface area contributed by atoms with Crippen LogP contribution in [0.2, 0.25) is 0 Å². The minimum atomic E-state index is -1.13. The summed E-state index contributed by atoms with van der Waals surface area (Å²) < 4.78 is 1.30. The molecule has 1 amide bonds. The Morgan fingerprint density at radius 2 is 2.19 bits per heavy atom. The second kappa shape index (κ2) is 6.69. The maximum absolute atomic E-state index is 12.4. The molecule has 1 aromatic heterocycles. The molecule has 116 valence electrons. The Morgan fingerprint density at radius 3 is 2.81 bits per heavy atom. The second-order valence-corrected chi connectivity index (χ2v) is 5.97. The van der Waals surface area contributed by atoms with Crippen LogP contribution in [0.3, 0.4) is 0 Å². The molecule has 1 aliphatic rings. The highest BCUT2D eigenvalue weighted by Crippen LogP contribution is 2.23. The molecule has 0 aromatic carbocycles. The number of hydrogen-bond acceptors (Lipinski definition) is 4. The largest absolute Gasteiger partial charge is 0.476 e. The first-order valence-corrected chi connectivity index (χ1v) is 7.40. The van der Waals surface area contributed by atoms with Crippen molar-refractivity contribution < 1.29 is 14.7 Å². The highest BCUT2D eigenvalue weighted by atomic mass is 16.4. The number of nitrogens with zero attached hydrogens (tertiary/aromatic N) is 4. The summed E-state index contributed by atoms with van der Waals surface area (Å²) in [4.78, 5) is 25.1. The van der Waals surface area contributed by atoms with Crippen molar-refractivity contribution in [2.24, 2.45) is 5.92 Å². The molecule has 0 saturated carbocycles. The van der Waals surface area contributed by atoms with E-state index in [4.69, 9.17) is 5.11 Å². The molecule has 1 aromatic rings. The van der Waals surface area contributed by atoms with E-state index in [2.05, 4.69) is 24.2 Å². The van der Waals surface area contributed by atoms with E-state index in [9.17, 15) is 9.59 Å². The molecule has 7 nitrogen and oxygen atoms in total. The second-order valence-electron chi connectivity index (χ2n) is 5.97. The van der Waals surface area contributed by atoms with Crippen LogP contribution in [-0.2, 0) is 11.3 Å². The van der Waals surface area contributed by atoms with Crippen LogP contribution in [0.5, 0.6) is 0 Å². The molecule has 0 radical (unpaired) electrons. The summed E-state index contributed by atoms with van der Waals surface area (Å²) in [7, 11) is 0. The average Bonchev–Trinajstić information content (AvgIpc) is 2.87. The predicted molar refractivity (Wildman–Crippen MR) is 75.8 cm³/mol. The fourth-order valence-electron chi connectivity index (χ4n) is 2.82. The van der Waals surface area contributed by atoms with E-state index in [-0.39, 0.29) is 24.2 Å². The van der Waals surface area contributed by atoms with E-state index < -0.39 is 5.97 Å². The molecule has 0 bridgehead atoms. The molecule has 7 heteroatoms. The summed E-state index contributed by atoms with van der Waals surface area (Å²) in [5.41, 5.74) is -0.139. The van der Waals surface area contributed by atoms with Gasteiger partial charge in [-0.25, -0.2) is 9.48 Å². The van der Waals surface area contributed by atoms with Crippen LogP contribution in [0.1, 0.15) is 50.0 Å². The van der Waals surface area contributed by atoms with Crippen molar-refractivity contribution in [3.8, 4) is 0 Å². The molecule has 21 heavy (non-hydrogen) atoms. The van der Waals surface area contributed by atoms with Gasteiger partial charge < -0.3 is 10.0 Å². The van der Waals surface area contributed by atoms with Crippen molar-refractivity contribution in [1.82, 2.24) is 19.9 Å². The molecule has 1 N–H and O–H groups in total. The lowest BCUT2D eigenvalue weighted by Crippen LogP contribution is -2.45. The van der Waals surface area contributed by atoms with E-state index in [1.807, 2.05) is 4.90 Å². The van der Waals surface area contributed by atoms with Crippen LogP contribution in [0.25, 0.3) is 0 Å². The van der Waals surface area contributed by atoms with Gasteiger partial charge in [0.15, 0.2) is 5.69 Å². The molecule has 1 fully saturated rings. The standard InChI is InChI=1S/C14H22N4O3/c1-10(2)7-11-5-3-4-6-18(11)13(19)9-17-8-12(14(20)21)15-16-17/h8,10-11H,3-7,9H2,1-2H3,(H,20,21). The average molecular weight is 294 g/mol. The number of carboxylic acid groups (broad SMARTS) is 1. The van der Waals surface area contributed by atoms with E-state index in [1.54, 1.807) is 0 Å². The number of aromatic carboxylic acids is 1. The number of hydrogen-bond donors (Lipinski definition) is 1. The van der Waals surface area contributed by atoms with Crippen LogP contribution >= 0.6 is 0 Å². The number of aromatic nitrogens is 3. The molecule has 2 rings (SSSR count). The van der Waals surface area contributed by atoms with Crippen LogP contribution in [0, 0.1) is 5.92 Å². The maximum atomic E-state index is 12.4. The third kappa shape index (κ3) is 4.03. The molecule has 1 aliphatic heterocycles. The Bertz CT molecular complexity index is 512. The summed E-state index contributed by atoms with van der Waals surface area (Å²) in [5.74, 6) is -0.597. The minimum Gasteiger partial charge on any atom is -0.476 e. The number of carboxylic acids is 1. The summed E-state index contributed by atoms with van der Waals surface area (Å²) in [6.07, 6.45) is 5.53. The lowest BCUT2D eigenvalue weighted by atomic mass is 9.94. The van der Waals surface area contributed by atoms with Gasteiger partial charge in [0.05, 0.1) is 6.20 Å². The Hall–Kier alpha value is -1.92. The fourth-order valence-corrected chi connectivity index (χ4v) is 2.82. The summed E-state index contributed by atoms with van der Waals surface area (Å²) in [6, 6.07) is 0.286. The number of likely N-dealkylation sites (tertiary alicyclic amines) is 1. The van der Waals surface area contributed by atoms with Gasteiger partial charge in [0.2, 0.25) is 5.91 Å². The number of amides is 1. The fraction of sp³-hybridized carbons (Fsp3) is 0.714. The quantitative estimate of drug-likeness (QED) is 0.887. The van der Waals surface area contributed by atoms with Crippen molar-refractivity contribution in [1.29, 1.82) is 0 Å². The molecule has 0 spiro atoms. The minimum absolute atomic E-state index is 0.0119. The van der Waals surface area contributed by atoms with E-state index in [0.717, 1.165) is 32.2 Å².